The van der Waals surface area contributed by atoms with Gasteiger partial charge in [-0.2, -0.15) is 0 Å². The molecule has 63 heavy (non-hydrogen) atoms. The summed E-state index contributed by atoms with van der Waals surface area (Å²) >= 11 is 0. The Hall–Kier alpha value is -2.63. The molecule has 0 aromatic heterocycles. The third kappa shape index (κ3) is 50.2. The number of esters is 3. The van der Waals surface area contributed by atoms with Crippen LogP contribution in [0.4, 0.5) is 0 Å². The van der Waals surface area contributed by atoms with E-state index in [2.05, 4.69) is 69.4 Å². The Labute approximate surface area is 390 Å². The van der Waals surface area contributed by atoms with Gasteiger partial charge in [-0.1, -0.05) is 236 Å². The quantitative estimate of drug-likeness (QED) is 0.0262. The molecule has 1 unspecified atom stereocenters. The first-order valence-corrected chi connectivity index (χ1v) is 27.2. The molecule has 0 rings (SSSR count). The van der Waals surface area contributed by atoms with Crippen molar-refractivity contribution >= 4 is 17.9 Å². The van der Waals surface area contributed by atoms with Crippen molar-refractivity contribution in [1.82, 2.24) is 0 Å². The second-order valence-corrected chi connectivity index (χ2v) is 18.2. The highest BCUT2D eigenvalue weighted by molar-refractivity contribution is 5.71. The fourth-order valence-corrected chi connectivity index (χ4v) is 7.72. The number of hydrogen-bond donors (Lipinski definition) is 0. The molecule has 0 heterocycles. The summed E-state index contributed by atoms with van der Waals surface area (Å²) in [7, 11) is 0. The lowest BCUT2D eigenvalue weighted by atomic mass is 10.1. The molecule has 6 heteroatoms. The standard InChI is InChI=1S/C57H102O6/c1-4-7-10-13-16-19-22-24-26-27-28-29-31-32-35-38-41-44-47-50-56(59)62-53-54(52-61-55(58)49-46-43-40-37-34-21-18-15-12-9-6-3)63-57(60)51-48-45-42-39-36-33-30-25-23-20-17-14-11-8-5-2/h16-17,19-20,22-25,54H,4-15,18,21,26-53H2,1-3H3/b19-16-,20-17-,24-22-,25-23-. The average Bonchev–Trinajstić information content (AvgIpc) is 3.28. The summed E-state index contributed by atoms with van der Waals surface area (Å²) in [5, 5.41) is 0. The van der Waals surface area contributed by atoms with E-state index in [0.717, 1.165) is 64.2 Å². The van der Waals surface area contributed by atoms with Crippen LogP contribution in [0.5, 0.6) is 0 Å². The molecule has 366 valence electrons. The normalized spacial score (nSPS) is 12.4. The largest absolute Gasteiger partial charge is 0.462 e. The van der Waals surface area contributed by atoms with Crippen molar-refractivity contribution in [2.45, 2.75) is 284 Å². The SMILES string of the molecule is CCCCC/C=C\C=C/CCCCCCCCCCCCC(=O)OCC(COC(=O)CCCCCCCCCCCCC)OC(=O)CCCCCCCC/C=C\C=C/CCCCC. The highest BCUT2D eigenvalue weighted by Gasteiger charge is 2.19. The van der Waals surface area contributed by atoms with Crippen LogP contribution in [0.2, 0.25) is 0 Å². The molecule has 0 saturated carbocycles. The van der Waals surface area contributed by atoms with Crippen molar-refractivity contribution < 1.29 is 28.6 Å². The van der Waals surface area contributed by atoms with Gasteiger partial charge in [0, 0.05) is 19.3 Å². The number of carbonyl (C=O) groups is 3. The van der Waals surface area contributed by atoms with Gasteiger partial charge < -0.3 is 14.2 Å². The number of ether oxygens (including phenoxy) is 3. The maximum absolute atomic E-state index is 12.8. The molecule has 0 amide bonds. The van der Waals surface area contributed by atoms with Gasteiger partial charge in [-0.05, 0) is 70.6 Å². The summed E-state index contributed by atoms with van der Waals surface area (Å²) < 4.78 is 16.8. The summed E-state index contributed by atoms with van der Waals surface area (Å²) in [4.78, 5) is 38.0. The monoisotopic (exact) mass is 883 g/mol. The van der Waals surface area contributed by atoms with E-state index < -0.39 is 6.10 Å². The third-order valence-electron chi connectivity index (χ3n) is 11.9. The van der Waals surface area contributed by atoms with Crippen LogP contribution in [0.3, 0.4) is 0 Å². The van der Waals surface area contributed by atoms with E-state index in [4.69, 9.17) is 14.2 Å². The molecule has 0 aliphatic rings. The summed E-state index contributed by atoms with van der Waals surface area (Å²) in [6, 6.07) is 0. The molecule has 0 aliphatic carbocycles. The summed E-state index contributed by atoms with van der Waals surface area (Å²) in [5.74, 6) is -0.883. The fourth-order valence-electron chi connectivity index (χ4n) is 7.72. The van der Waals surface area contributed by atoms with Gasteiger partial charge in [0.1, 0.15) is 13.2 Å². The topological polar surface area (TPSA) is 78.9 Å². The van der Waals surface area contributed by atoms with Crippen LogP contribution < -0.4 is 0 Å². The van der Waals surface area contributed by atoms with E-state index >= 15 is 0 Å². The number of hydrogen-bond acceptors (Lipinski definition) is 6. The minimum atomic E-state index is -0.777. The van der Waals surface area contributed by atoms with Crippen molar-refractivity contribution in [2.75, 3.05) is 13.2 Å². The first kappa shape index (κ1) is 60.4. The van der Waals surface area contributed by atoms with Crippen LogP contribution in [0, 0.1) is 0 Å². The molecule has 0 aliphatic heterocycles. The zero-order valence-corrected chi connectivity index (χ0v) is 41.8. The minimum Gasteiger partial charge on any atom is -0.462 e. The molecule has 1 atom stereocenters. The first-order chi connectivity index (χ1) is 31.0. The van der Waals surface area contributed by atoms with E-state index in [1.807, 2.05) is 0 Å². The second-order valence-electron chi connectivity index (χ2n) is 18.2. The van der Waals surface area contributed by atoms with Gasteiger partial charge in [-0.25, -0.2) is 0 Å². The van der Waals surface area contributed by atoms with E-state index in [-0.39, 0.29) is 31.1 Å². The number of carbonyl (C=O) groups excluding carboxylic acids is 3. The predicted molar refractivity (Wildman–Crippen MR) is 270 cm³/mol. The lowest BCUT2D eigenvalue weighted by Gasteiger charge is -2.18. The molecule has 0 saturated heterocycles. The Morgan fingerprint density at radius 1 is 0.317 bits per heavy atom. The summed E-state index contributed by atoms with van der Waals surface area (Å²) in [6.45, 7) is 6.58. The summed E-state index contributed by atoms with van der Waals surface area (Å²) in [5.41, 5.74) is 0. The van der Waals surface area contributed by atoms with Gasteiger partial charge in [0.25, 0.3) is 0 Å². The van der Waals surface area contributed by atoms with Crippen molar-refractivity contribution in [1.29, 1.82) is 0 Å². The minimum absolute atomic E-state index is 0.0765. The third-order valence-corrected chi connectivity index (χ3v) is 11.9. The molecular formula is C57H102O6. The van der Waals surface area contributed by atoms with Crippen LogP contribution >= 0.6 is 0 Å². The lowest BCUT2D eigenvalue weighted by molar-refractivity contribution is -0.167. The van der Waals surface area contributed by atoms with Gasteiger partial charge in [-0.15, -0.1) is 0 Å². The van der Waals surface area contributed by atoms with Crippen LogP contribution in [0.25, 0.3) is 0 Å². The van der Waals surface area contributed by atoms with Crippen LogP contribution in [-0.4, -0.2) is 37.2 Å². The van der Waals surface area contributed by atoms with Gasteiger partial charge >= 0.3 is 17.9 Å². The highest BCUT2D eigenvalue weighted by atomic mass is 16.6. The number of rotatable bonds is 49. The van der Waals surface area contributed by atoms with E-state index in [1.165, 1.54) is 173 Å². The summed E-state index contributed by atoms with van der Waals surface area (Å²) in [6.07, 6.45) is 62.3. The Balaban J connectivity index is 4.34. The zero-order chi connectivity index (χ0) is 45.8. The molecule has 0 aromatic rings. The van der Waals surface area contributed by atoms with E-state index in [1.54, 1.807) is 0 Å². The Kier molecular flexibility index (Phi) is 49.8. The molecule has 6 nitrogen and oxygen atoms in total. The van der Waals surface area contributed by atoms with Crippen molar-refractivity contribution in [3.63, 3.8) is 0 Å². The van der Waals surface area contributed by atoms with Gasteiger partial charge in [0.2, 0.25) is 0 Å². The zero-order valence-electron chi connectivity index (χ0n) is 41.8. The molecule has 0 N–H and O–H groups in total. The van der Waals surface area contributed by atoms with E-state index in [0.29, 0.717) is 19.3 Å². The van der Waals surface area contributed by atoms with Gasteiger partial charge in [-0.3, -0.25) is 14.4 Å². The molecule has 0 bridgehead atoms. The van der Waals surface area contributed by atoms with Crippen molar-refractivity contribution in [2.24, 2.45) is 0 Å². The Morgan fingerprint density at radius 2 is 0.556 bits per heavy atom. The number of allylic oxidation sites excluding steroid dienone is 8. The van der Waals surface area contributed by atoms with Crippen LogP contribution in [0.1, 0.15) is 278 Å². The maximum atomic E-state index is 12.8. The van der Waals surface area contributed by atoms with Gasteiger partial charge in [0.05, 0.1) is 0 Å². The Bertz CT molecular complexity index is 1110. The Morgan fingerprint density at radius 3 is 0.873 bits per heavy atom. The van der Waals surface area contributed by atoms with Gasteiger partial charge in [0.15, 0.2) is 6.10 Å². The molecule has 0 radical (unpaired) electrons. The predicted octanol–water partition coefficient (Wildman–Crippen LogP) is 17.9. The molecule has 0 fully saturated rings. The highest BCUT2D eigenvalue weighted by Crippen LogP contribution is 2.15. The van der Waals surface area contributed by atoms with Crippen molar-refractivity contribution in [3.8, 4) is 0 Å². The first-order valence-electron chi connectivity index (χ1n) is 27.2. The maximum Gasteiger partial charge on any atom is 0.306 e. The molecule has 0 aromatic carbocycles. The van der Waals surface area contributed by atoms with Crippen molar-refractivity contribution in [3.05, 3.63) is 48.6 Å². The second kappa shape index (κ2) is 52.0. The molecular weight excluding hydrogens is 781 g/mol. The van der Waals surface area contributed by atoms with E-state index in [9.17, 15) is 14.4 Å². The lowest BCUT2D eigenvalue weighted by Crippen LogP contribution is -2.30. The average molecular weight is 883 g/mol. The smallest absolute Gasteiger partial charge is 0.306 e. The fraction of sp³-hybridized carbons (Fsp3) is 0.807. The van der Waals surface area contributed by atoms with Crippen LogP contribution in [-0.2, 0) is 28.6 Å². The van der Waals surface area contributed by atoms with Crippen LogP contribution in [0.15, 0.2) is 48.6 Å². The number of unbranched alkanes of at least 4 members (excludes halogenated alkanes) is 32. The molecule has 0 spiro atoms.